The summed E-state index contributed by atoms with van der Waals surface area (Å²) in [5.74, 6) is -0.388. The van der Waals surface area contributed by atoms with Crippen molar-refractivity contribution in [2.45, 2.75) is 18.3 Å². The molecule has 0 radical (unpaired) electrons. The van der Waals surface area contributed by atoms with E-state index in [0.29, 0.717) is 18.8 Å². The molecular weight excluding hydrogens is 307 g/mol. The molecule has 3 rings (SSSR count). The maximum atomic E-state index is 13.3. The van der Waals surface area contributed by atoms with Crippen LogP contribution in [-0.2, 0) is 5.41 Å². The molecule has 2 amide bonds. The first-order chi connectivity index (χ1) is 11.6. The molecule has 0 aliphatic carbocycles. The number of anilines is 1. The number of halogens is 1. The highest BCUT2D eigenvalue weighted by molar-refractivity contribution is 5.89. The molecule has 126 valence electrons. The van der Waals surface area contributed by atoms with E-state index in [4.69, 9.17) is 0 Å². The number of carbonyl (C=O) groups is 1. The van der Waals surface area contributed by atoms with E-state index in [-0.39, 0.29) is 18.5 Å². The Balaban J connectivity index is 1.76. The number of rotatable bonds is 3. The third kappa shape index (κ3) is 3.41. The van der Waals surface area contributed by atoms with Crippen LogP contribution in [0, 0.1) is 5.82 Å². The summed E-state index contributed by atoms with van der Waals surface area (Å²) in [7, 11) is 0. The molecule has 1 atom stereocenters. The highest BCUT2D eigenvalue weighted by Crippen LogP contribution is 2.34. The molecule has 24 heavy (non-hydrogen) atoms. The van der Waals surface area contributed by atoms with Gasteiger partial charge in [-0.3, -0.25) is 0 Å². The maximum absolute atomic E-state index is 13.3. The van der Waals surface area contributed by atoms with Crippen molar-refractivity contribution in [2.24, 2.45) is 0 Å². The lowest BCUT2D eigenvalue weighted by atomic mass is 9.75. The molecule has 2 aromatic rings. The highest BCUT2D eigenvalue weighted by atomic mass is 19.1. The van der Waals surface area contributed by atoms with Crippen LogP contribution in [0.5, 0.6) is 0 Å². The summed E-state index contributed by atoms with van der Waals surface area (Å²) in [4.78, 5) is 14.2. The zero-order valence-electron chi connectivity index (χ0n) is 13.4. The van der Waals surface area contributed by atoms with Crippen molar-refractivity contribution in [3.63, 3.8) is 0 Å². The molecule has 1 aliphatic rings. The van der Waals surface area contributed by atoms with Crippen LogP contribution >= 0.6 is 0 Å². The van der Waals surface area contributed by atoms with Crippen molar-refractivity contribution in [3.05, 3.63) is 66.0 Å². The van der Waals surface area contributed by atoms with E-state index < -0.39 is 5.41 Å². The number of carbonyl (C=O) groups excluding carboxylic acids is 1. The zero-order chi connectivity index (χ0) is 17.0. The fourth-order valence-electron chi connectivity index (χ4n) is 3.32. The predicted molar refractivity (Wildman–Crippen MR) is 91.4 cm³/mol. The lowest BCUT2D eigenvalue weighted by Crippen LogP contribution is -2.51. The molecule has 0 saturated carbocycles. The van der Waals surface area contributed by atoms with Crippen LogP contribution in [0.4, 0.5) is 14.9 Å². The molecule has 2 aromatic carbocycles. The molecule has 4 nitrogen and oxygen atoms in total. The summed E-state index contributed by atoms with van der Waals surface area (Å²) in [6, 6.07) is 15.4. The van der Waals surface area contributed by atoms with Gasteiger partial charge in [0.1, 0.15) is 5.82 Å². The second-order valence-corrected chi connectivity index (χ2v) is 6.27. The monoisotopic (exact) mass is 328 g/mol. The van der Waals surface area contributed by atoms with Gasteiger partial charge in [-0.25, -0.2) is 9.18 Å². The number of likely N-dealkylation sites (tertiary alicyclic amines) is 1. The van der Waals surface area contributed by atoms with Crippen LogP contribution < -0.4 is 5.32 Å². The van der Waals surface area contributed by atoms with Gasteiger partial charge in [-0.1, -0.05) is 36.4 Å². The normalized spacial score (nSPS) is 20.7. The molecule has 0 aromatic heterocycles. The Morgan fingerprint density at radius 3 is 2.71 bits per heavy atom. The number of benzene rings is 2. The molecule has 1 aliphatic heterocycles. The van der Waals surface area contributed by atoms with E-state index in [1.54, 1.807) is 17.0 Å². The van der Waals surface area contributed by atoms with Gasteiger partial charge in [0.05, 0.1) is 6.61 Å². The quantitative estimate of drug-likeness (QED) is 0.907. The van der Waals surface area contributed by atoms with E-state index in [1.165, 1.54) is 12.1 Å². The molecule has 1 unspecified atom stereocenters. The topological polar surface area (TPSA) is 52.6 Å². The fraction of sp³-hybridized carbons (Fsp3) is 0.316. The minimum absolute atomic E-state index is 0.0131. The maximum Gasteiger partial charge on any atom is 0.321 e. The third-order valence-corrected chi connectivity index (χ3v) is 4.63. The summed E-state index contributed by atoms with van der Waals surface area (Å²) in [5.41, 5.74) is 1.02. The molecule has 1 fully saturated rings. The molecule has 0 spiro atoms. The lowest BCUT2D eigenvalue weighted by Gasteiger charge is -2.42. The zero-order valence-corrected chi connectivity index (χ0v) is 13.4. The molecule has 1 saturated heterocycles. The first-order valence-corrected chi connectivity index (χ1v) is 8.11. The van der Waals surface area contributed by atoms with Crippen molar-refractivity contribution in [1.29, 1.82) is 0 Å². The van der Waals surface area contributed by atoms with Gasteiger partial charge in [-0.05, 0) is 36.6 Å². The van der Waals surface area contributed by atoms with E-state index in [9.17, 15) is 14.3 Å². The summed E-state index contributed by atoms with van der Waals surface area (Å²) in [6.07, 6.45) is 1.64. The SMILES string of the molecule is O=C(Nc1cccc(F)c1)N1CCCC(CO)(c2ccccc2)C1. The number of hydrogen-bond acceptors (Lipinski definition) is 2. The van der Waals surface area contributed by atoms with Crippen molar-refractivity contribution in [3.8, 4) is 0 Å². The van der Waals surface area contributed by atoms with E-state index in [0.717, 1.165) is 18.4 Å². The largest absolute Gasteiger partial charge is 0.395 e. The fourth-order valence-corrected chi connectivity index (χ4v) is 3.32. The van der Waals surface area contributed by atoms with Crippen LogP contribution in [0.25, 0.3) is 0 Å². The minimum Gasteiger partial charge on any atom is -0.395 e. The Labute approximate surface area is 140 Å². The number of nitrogens with zero attached hydrogens (tertiary/aromatic N) is 1. The van der Waals surface area contributed by atoms with Gasteiger partial charge < -0.3 is 15.3 Å². The Morgan fingerprint density at radius 2 is 2.00 bits per heavy atom. The smallest absolute Gasteiger partial charge is 0.321 e. The van der Waals surface area contributed by atoms with Crippen LogP contribution in [0.2, 0.25) is 0 Å². The predicted octanol–water partition coefficient (Wildman–Crippen LogP) is 3.38. The minimum atomic E-state index is -0.446. The van der Waals surface area contributed by atoms with Gasteiger partial charge in [0.25, 0.3) is 0 Å². The van der Waals surface area contributed by atoms with Crippen molar-refractivity contribution < 1.29 is 14.3 Å². The number of amides is 2. The molecular formula is C19H21FN2O2. The number of aliphatic hydroxyl groups excluding tert-OH is 1. The number of urea groups is 1. The lowest BCUT2D eigenvalue weighted by molar-refractivity contribution is 0.107. The number of nitrogens with one attached hydrogen (secondary N) is 1. The van der Waals surface area contributed by atoms with Gasteiger partial charge in [-0.2, -0.15) is 0 Å². The average Bonchev–Trinajstić information content (AvgIpc) is 2.62. The second-order valence-electron chi connectivity index (χ2n) is 6.27. The van der Waals surface area contributed by atoms with E-state index >= 15 is 0 Å². The van der Waals surface area contributed by atoms with Crippen molar-refractivity contribution in [2.75, 3.05) is 25.0 Å². The van der Waals surface area contributed by atoms with Crippen LogP contribution in [0.1, 0.15) is 18.4 Å². The van der Waals surface area contributed by atoms with E-state index in [2.05, 4.69) is 5.32 Å². The van der Waals surface area contributed by atoms with Crippen LogP contribution in [0.3, 0.4) is 0 Å². The Kier molecular flexibility index (Phi) is 4.81. The van der Waals surface area contributed by atoms with Gasteiger partial charge in [0.2, 0.25) is 0 Å². The summed E-state index contributed by atoms with van der Waals surface area (Å²) in [5, 5.41) is 12.7. The highest BCUT2D eigenvalue weighted by Gasteiger charge is 2.38. The molecule has 0 bridgehead atoms. The molecule has 1 heterocycles. The van der Waals surface area contributed by atoms with Gasteiger partial charge in [-0.15, -0.1) is 0 Å². The van der Waals surface area contributed by atoms with Crippen molar-refractivity contribution >= 4 is 11.7 Å². The van der Waals surface area contributed by atoms with E-state index in [1.807, 2.05) is 30.3 Å². The first-order valence-electron chi connectivity index (χ1n) is 8.11. The number of hydrogen-bond donors (Lipinski definition) is 2. The average molecular weight is 328 g/mol. The standard InChI is InChI=1S/C19H21FN2O2/c20-16-8-4-9-17(12-16)21-18(24)22-11-5-10-19(13-22,14-23)15-6-2-1-3-7-15/h1-4,6-9,12,23H,5,10-11,13-14H2,(H,21,24). The Bertz CT molecular complexity index is 708. The summed E-state index contributed by atoms with van der Waals surface area (Å²) >= 11 is 0. The van der Waals surface area contributed by atoms with Crippen molar-refractivity contribution in [1.82, 2.24) is 4.90 Å². The molecule has 5 heteroatoms. The third-order valence-electron chi connectivity index (χ3n) is 4.63. The van der Waals surface area contributed by atoms with Crippen LogP contribution in [-0.4, -0.2) is 35.7 Å². The molecule has 2 N–H and O–H groups in total. The Hall–Kier alpha value is -2.40. The van der Waals surface area contributed by atoms with Gasteiger partial charge >= 0.3 is 6.03 Å². The summed E-state index contributed by atoms with van der Waals surface area (Å²) in [6.45, 7) is 1.05. The second kappa shape index (κ2) is 7.01. The number of piperidine rings is 1. The van der Waals surface area contributed by atoms with Crippen LogP contribution in [0.15, 0.2) is 54.6 Å². The number of aliphatic hydroxyl groups is 1. The van der Waals surface area contributed by atoms with Gasteiger partial charge in [0, 0.05) is 24.2 Å². The first kappa shape index (κ1) is 16.5. The Morgan fingerprint density at radius 1 is 1.21 bits per heavy atom. The van der Waals surface area contributed by atoms with Gasteiger partial charge in [0.15, 0.2) is 0 Å². The summed E-state index contributed by atoms with van der Waals surface area (Å²) < 4.78 is 13.3.